The predicted octanol–water partition coefficient (Wildman–Crippen LogP) is 2.81. The van der Waals surface area contributed by atoms with Gasteiger partial charge in [0.05, 0.1) is 19.4 Å². The zero-order valence-corrected chi connectivity index (χ0v) is 18.3. The lowest BCUT2D eigenvalue weighted by Crippen LogP contribution is -2.25. The van der Waals surface area contributed by atoms with E-state index < -0.39 is 0 Å². The topological polar surface area (TPSA) is 108 Å². The molecular weight excluding hydrogens is 410 g/mol. The summed E-state index contributed by atoms with van der Waals surface area (Å²) >= 11 is 0. The molecule has 10 heteroatoms. The van der Waals surface area contributed by atoms with Crippen LogP contribution in [-0.4, -0.2) is 49.2 Å². The summed E-state index contributed by atoms with van der Waals surface area (Å²) in [6.07, 6.45) is 0.282. The minimum absolute atomic E-state index is 0.101. The van der Waals surface area contributed by atoms with Crippen molar-refractivity contribution in [3.05, 3.63) is 53.0 Å². The highest BCUT2D eigenvalue weighted by Gasteiger charge is 2.35. The molecule has 0 saturated heterocycles. The number of para-hydroxylation sites is 1. The molecule has 3 aromatic heterocycles. The van der Waals surface area contributed by atoms with E-state index in [2.05, 4.69) is 20.6 Å². The van der Waals surface area contributed by atoms with Gasteiger partial charge in [0.2, 0.25) is 5.91 Å². The van der Waals surface area contributed by atoms with E-state index in [-0.39, 0.29) is 18.2 Å². The summed E-state index contributed by atoms with van der Waals surface area (Å²) < 4.78 is 14.8. The molecule has 5 rings (SSSR count). The SMILES string of the molecule is CCOc1c(OC)cccc1[C@H]1CC(=O)Nc2c1c(C)nn2-c1ccc2nnc(C)n2n1. The molecule has 0 unspecified atom stereocenters. The predicted molar refractivity (Wildman–Crippen MR) is 117 cm³/mol. The van der Waals surface area contributed by atoms with Crippen LogP contribution in [0.4, 0.5) is 5.82 Å². The molecule has 0 spiro atoms. The van der Waals surface area contributed by atoms with Gasteiger partial charge in [0.25, 0.3) is 0 Å². The van der Waals surface area contributed by atoms with Crippen molar-refractivity contribution in [3.8, 4) is 17.3 Å². The van der Waals surface area contributed by atoms with E-state index in [4.69, 9.17) is 14.6 Å². The number of fused-ring (bicyclic) bond motifs is 2. The first-order valence-corrected chi connectivity index (χ1v) is 10.4. The maximum Gasteiger partial charge on any atom is 0.226 e. The molecule has 1 aliphatic rings. The van der Waals surface area contributed by atoms with Gasteiger partial charge in [-0.05, 0) is 39.0 Å². The highest BCUT2D eigenvalue weighted by molar-refractivity contribution is 5.95. The molecule has 1 aliphatic heterocycles. The maximum atomic E-state index is 12.8. The molecule has 4 aromatic rings. The molecule has 0 bridgehead atoms. The van der Waals surface area contributed by atoms with Crippen LogP contribution in [-0.2, 0) is 4.79 Å². The Morgan fingerprint density at radius 2 is 2.00 bits per heavy atom. The van der Waals surface area contributed by atoms with Gasteiger partial charge in [0.1, 0.15) is 5.82 Å². The van der Waals surface area contributed by atoms with Gasteiger partial charge in [0.15, 0.2) is 28.8 Å². The van der Waals surface area contributed by atoms with Crippen LogP contribution in [0.1, 0.15) is 41.9 Å². The van der Waals surface area contributed by atoms with Crippen molar-refractivity contribution in [2.24, 2.45) is 0 Å². The normalized spacial score (nSPS) is 15.5. The fourth-order valence-electron chi connectivity index (χ4n) is 4.24. The Labute approximate surface area is 184 Å². The molecule has 10 nitrogen and oxygen atoms in total. The number of carbonyl (C=O) groups is 1. The fourth-order valence-corrected chi connectivity index (χ4v) is 4.24. The van der Waals surface area contributed by atoms with Crippen molar-refractivity contribution in [3.63, 3.8) is 0 Å². The average molecular weight is 433 g/mol. The monoisotopic (exact) mass is 433 g/mol. The van der Waals surface area contributed by atoms with E-state index in [1.807, 2.05) is 51.1 Å². The van der Waals surface area contributed by atoms with Crippen molar-refractivity contribution >= 4 is 17.4 Å². The molecule has 0 radical (unpaired) electrons. The number of aryl methyl sites for hydroxylation is 2. The number of nitrogens with one attached hydrogen (secondary N) is 1. The number of methoxy groups -OCH3 is 1. The molecule has 0 saturated carbocycles. The van der Waals surface area contributed by atoms with Crippen LogP contribution in [0.3, 0.4) is 0 Å². The van der Waals surface area contributed by atoms with Crippen molar-refractivity contribution in [2.75, 3.05) is 19.0 Å². The second-order valence-corrected chi connectivity index (χ2v) is 7.58. The highest BCUT2D eigenvalue weighted by atomic mass is 16.5. The molecule has 1 atom stereocenters. The summed E-state index contributed by atoms with van der Waals surface area (Å²) in [6.45, 7) is 6.17. The molecule has 1 aromatic carbocycles. The summed E-state index contributed by atoms with van der Waals surface area (Å²) in [6, 6.07) is 9.37. The van der Waals surface area contributed by atoms with Crippen molar-refractivity contribution in [1.29, 1.82) is 0 Å². The first-order valence-electron chi connectivity index (χ1n) is 10.4. The second-order valence-electron chi connectivity index (χ2n) is 7.58. The lowest BCUT2D eigenvalue weighted by molar-refractivity contribution is -0.116. The van der Waals surface area contributed by atoms with E-state index in [0.29, 0.717) is 41.2 Å². The quantitative estimate of drug-likeness (QED) is 0.515. The fraction of sp³-hybridized carbons (Fsp3) is 0.318. The van der Waals surface area contributed by atoms with Gasteiger partial charge in [-0.1, -0.05) is 12.1 Å². The summed E-state index contributed by atoms with van der Waals surface area (Å²) in [4.78, 5) is 12.8. The number of anilines is 1. The van der Waals surface area contributed by atoms with Gasteiger partial charge < -0.3 is 14.8 Å². The van der Waals surface area contributed by atoms with Crippen molar-refractivity contribution < 1.29 is 14.3 Å². The van der Waals surface area contributed by atoms with Crippen molar-refractivity contribution in [2.45, 2.75) is 33.1 Å². The number of aromatic nitrogens is 6. The summed E-state index contributed by atoms with van der Waals surface area (Å²) in [5.74, 6) is 2.78. The Balaban J connectivity index is 1.68. The number of amides is 1. The minimum atomic E-state index is -0.232. The Morgan fingerprint density at radius 1 is 1.16 bits per heavy atom. The van der Waals surface area contributed by atoms with Gasteiger partial charge in [0, 0.05) is 23.5 Å². The number of ether oxygens (including phenoxy) is 2. The average Bonchev–Trinajstić information content (AvgIpc) is 3.33. The van der Waals surface area contributed by atoms with Crippen LogP contribution >= 0.6 is 0 Å². The van der Waals surface area contributed by atoms with Crippen LogP contribution in [0, 0.1) is 13.8 Å². The lowest BCUT2D eigenvalue weighted by Gasteiger charge is -2.26. The van der Waals surface area contributed by atoms with Crippen LogP contribution in [0.15, 0.2) is 30.3 Å². The van der Waals surface area contributed by atoms with Crippen LogP contribution in [0.5, 0.6) is 11.5 Å². The largest absolute Gasteiger partial charge is 0.493 e. The first-order chi connectivity index (χ1) is 15.5. The standard InChI is InChI=1S/C22H23N7O3/c1-5-32-21-14(7-6-8-16(21)31-4)15-11-19(30)23-22-20(15)12(2)26-29(22)18-10-9-17-25-24-13(3)28(17)27-18/h6-10,15H,5,11H2,1-4H3,(H,23,30)/t15-/m1/s1. The molecular formula is C22H23N7O3. The number of hydrogen-bond acceptors (Lipinski definition) is 7. The second kappa shape index (κ2) is 7.63. The summed E-state index contributed by atoms with van der Waals surface area (Å²) in [5, 5.41) is 20.5. The Morgan fingerprint density at radius 3 is 2.78 bits per heavy atom. The Hall–Kier alpha value is -3.95. The van der Waals surface area contributed by atoms with E-state index >= 15 is 0 Å². The molecule has 4 heterocycles. The van der Waals surface area contributed by atoms with Crippen LogP contribution in [0.25, 0.3) is 11.5 Å². The summed E-state index contributed by atoms with van der Waals surface area (Å²) in [7, 11) is 1.61. The van der Waals surface area contributed by atoms with Crippen LogP contribution in [0.2, 0.25) is 0 Å². The van der Waals surface area contributed by atoms with E-state index in [1.165, 1.54) is 0 Å². The van der Waals surface area contributed by atoms with Crippen LogP contribution < -0.4 is 14.8 Å². The molecule has 1 N–H and O–H groups in total. The number of benzene rings is 1. The number of nitrogens with zero attached hydrogens (tertiary/aromatic N) is 6. The summed E-state index contributed by atoms with van der Waals surface area (Å²) in [5.41, 5.74) is 3.27. The smallest absolute Gasteiger partial charge is 0.226 e. The highest BCUT2D eigenvalue weighted by Crippen LogP contribution is 2.45. The van der Waals surface area contributed by atoms with Gasteiger partial charge in [-0.25, -0.2) is 0 Å². The third-order valence-electron chi connectivity index (χ3n) is 5.62. The molecule has 164 valence electrons. The van der Waals surface area contributed by atoms with Gasteiger partial charge in [-0.2, -0.15) is 14.3 Å². The zero-order valence-electron chi connectivity index (χ0n) is 18.3. The number of hydrogen-bond donors (Lipinski definition) is 1. The Bertz CT molecular complexity index is 1340. The third-order valence-corrected chi connectivity index (χ3v) is 5.62. The lowest BCUT2D eigenvalue weighted by atomic mass is 9.85. The Kier molecular flexibility index (Phi) is 4.76. The van der Waals surface area contributed by atoms with E-state index in [1.54, 1.807) is 16.3 Å². The first kappa shape index (κ1) is 20.0. The molecule has 32 heavy (non-hydrogen) atoms. The van der Waals surface area contributed by atoms with Gasteiger partial charge in [-0.3, -0.25) is 4.79 Å². The maximum absolute atomic E-state index is 12.8. The molecule has 0 fully saturated rings. The van der Waals surface area contributed by atoms with Gasteiger partial charge >= 0.3 is 0 Å². The minimum Gasteiger partial charge on any atom is -0.493 e. The zero-order chi connectivity index (χ0) is 22.4. The van der Waals surface area contributed by atoms with Gasteiger partial charge in [-0.15, -0.1) is 15.3 Å². The molecule has 1 amide bonds. The number of carbonyl (C=O) groups excluding carboxylic acids is 1. The third kappa shape index (κ3) is 3.06. The van der Waals surface area contributed by atoms with E-state index in [0.717, 1.165) is 16.8 Å². The molecule has 0 aliphatic carbocycles. The number of rotatable bonds is 5. The van der Waals surface area contributed by atoms with E-state index in [9.17, 15) is 4.79 Å². The van der Waals surface area contributed by atoms with Crippen molar-refractivity contribution in [1.82, 2.24) is 29.6 Å².